The number of H-pyrrole nitrogens is 1. The molecule has 2 heterocycles. The monoisotopic (exact) mass is 316 g/mol. The second kappa shape index (κ2) is 5.70. The summed E-state index contributed by atoms with van der Waals surface area (Å²) < 4.78 is 0. The molecular weight excluding hydrogens is 300 g/mol. The second-order valence-electron chi connectivity index (χ2n) is 5.68. The average molecular weight is 316 g/mol. The maximum Gasteiger partial charge on any atom is 0.158 e. The lowest BCUT2D eigenvalue weighted by Gasteiger charge is -2.06. The van der Waals surface area contributed by atoms with Gasteiger partial charge in [-0.1, -0.05) is 35.9 Å². The van der Waals surface area contributed by atoms with Crippen molar-refractivity contribution in [2.24, 2.45) is 0 Å². The minimum absolute atomic E-state index is 0.203. The van der Waals surface area contributed by atoms with E-state index in [1.165, 1.54) is 5.56 Å². The number of phenolic OH excluding ortho intramolecular Hbond substituents is 1. The van der Waals surface area contributed by atoms with Gasteiger partial charge in [-0.05, 0) is 25.1 Å². The fourth-order valence-corrected chi connectivity index (χ4v) is 2.60. The number of nitrogens with zero attached hydrogens (tertiary/aromatic N) is 2. The molecule has 4 rings (SSSR count). The number of pyridine rings is 1. The van der Waals surface area contributed by atoms with Gasteiger partial charge in [0.2, 0.25) is 0 Å². The molecule has 5 heteroatoms. The first-order valence-electron chi connectivity index (χ1n) is 7.67. The zero-order valence-corrected chi connectivity index (χ0v) is 13.1. The van der Waals surface area contributed by atoms with E-state index in [1.54, 1.807) is 24.4 Å². The van der Waals surface area contributed by atoms with Crippen LogP contribution in [0.4, 0.5) is 11.5 Å². The van der Waals surface area contributed by atoms with Crippen LogP contribution in [0.2, 0.25) is 0 Å². The SMILES string of the molecule is Cc1ccc(-c2nc3c(Nc4cccc(O)c4)nccc3[nH]2)cc1. The Labute approximate surface area is 139 Å². The Morgan fingerprint density at radius 2 is 1.88 bits per heavy atom. The molecule has 0 spiro atoms. The van der Waals surface area contributed by atoms with Crippen LogP contribution < -0.4 is 5.32 Å². The maximum atomic E-state index is 9.60. The van der Waals surface area contributed by atoms with Crippen molar-refractivity contribution in [3.05, 3.63) is 66.4 Å². The Balaban J connectivity index is 1.76. The van der Waals surface area contributed by atoms with E-state index in [-0.39, 0.29) is 5.75 Å². The van der Waals surface area contributed by atoms with E-state index in [0.29, 0.717) is 5.82 Å². The molecule has 0 radical (unpaired) electrons. The number of hydrogen-bond acceptors (Lipinski definition) is 4. The first-order valence-corrected chi connectivity index (χ1v) is 7.67. The third-order valence-corrected chi connectivity index (χ3v) is 3.83. The number of nitrogens with one attached hydrogen (secondary N) is 2. The van der Waals surface area contributed by atoms with E-state index >= 15 is 0 Å². The van der Waals surface area contributed by atoms with Crippen molar-refractivity contribution in [1.29, 1.82) is 0 Å². The van der Waals surface area contributed by atoms with Gasteiger partial charge in [-0.15, -0.1) is 0 Å². The summed E-state index contributed by atoms with van der Waals surface area (Å²) in [5.41, 5.74) is 4.66. The van der Waals surface area contributed by atoms with Gasteiger partial charge in [-0.3, -0.25) is 0 Å². The van der Waals surface area contributed by atoms with Crippen LogP contribution in [0, 0.1) is 6.92 Å². The molecule has 24 heavy (non-hydrogen) atoms. The number of aromatic hydroxyl groups is 1. The summed E-state index contributed by atoms with van der Waals surface area (Å²) in [6.07, 6.45) is 1.73. The van der Waals surface area contributed by atoms with Crippen molar-refractivity contribution in [1.82, 2.24) is 15.0 Å². The van der Waals surface area contributed by atoms with Gasteiger partial charge in [0.15, 0.2) is 5.82 Å². The largest absolute Gasteiger partial charge is 0.508 e. The second-order valence-corrected chi connectivity index (χ2v) is 5.68. The summed E-state index contributed by atoms with van der Waals surface area (Å²) >= 11 is 0. The number of imidazole rings is 1. The van der Waals surface area contributed by atoms with Gasteiger partial charge in [0.25, 0.3) is 0 Å². The van der Waals surface area contributed by atoms with Crippen LogP contribution in [-0.2, 0) is 0 Å². The highest BCUT2D eigenvalue weighted by Gasteiger charge is 2.10. The highest BCUT2D eigenvalue weighted by Crippen LogP contribution is 2.27. The number of fused-ring (bicyclic) bond motifs is 1. The van der Waals surface area contributed by atoms with Crippen LogP contribution in [-0.4, -0.2) is 20.1 Å². The van der Waals surface area contributed by atoms with E-state index in [0.717, 1.165) is 28.1 Å². The molecule has 0 fully saturated rings. The summed E-state index contributed by atoms with van der Waals surface area (Å²) in [4.78, 5) is 12.4. The summed E-state index contributed by atoms with van der Waals surface area (Å²) in [6, 6.07) is 17.0. The van der Waals surface area contributed by atoms with Crippen molar-refractivity contribution < 1.29 is 5.11 Å². The molecule has 3 N–H and O–H groups in total. The summed E-state index contributed by atoms with van der Waals surface area (Å²) in [5.74, 6) is 1.65. The van der Waals surface area contributed by atoms with Crippen molar-refractivity contribution in [3.63, 3.8) is 0 Å². The van der Waals surface area contributed by atoms with E-state index in [9.17, 15) is 5.11 Å². The number of rotatable bonds is 3. The van der Waals surface area contributed by atoms with E-state index in [1.807, 2.05) is 24.3 Å². The number of aryl methyl sites for hydroxylation is 1. The number of benzene rings is 2. The number of anilines is 2. The Hall–Kier alpha value is -3.34. The van der Waals surface area contributed by atoms with Crippen LogP contribution in [0.5, 0.6) is 5.75 Å². The summed E-state index contributed by atoms with van der Waals surface area (Å²) in [7, 11) is 0. The van der Waals surface area contributed by atoms with Crippen LogP contribution in [0.25, 0.3) is 22.4 Å². The lowest BCUT2D eigenvalue weighted by molar-refractivity contribution is 0.475. The molecule has 0 amide bonds. The first kappa shape index (κ1) is 14.3. The molecule has 2 aromatic carbocycles. The Morgan fingerprint density at radius 1 is 1.04 bits per heavy atom. The molecule has 0 atom stereocenters. The fraction of sp³-hybridized carbons (Fsp3) is 0.0526. The van der Waals surface area contributed by atoms with Gasteiger partial charge in [-0.25, -0.2) is 9.97 Å². The lowest BCUT2D eigenvalue weighted by Crippen LogP contribution is -1.94. The fourth-order valence-electron chi connectivity index (χ4n) is 2.60. The molecular formula is C19H16N4O. The topological polar surface area (TPSA) is 73.8 Å². The van der Waals surface area contributed by atoms with Gasteiger partial charge in [0, 0.05) is 23.5 Å². The highest BCUT2D eigenvalue weighted by molar-refractivity contribution is 5.90. The first-order chi connectivity index (χ1) is 11.7. The Morgan fingerprint density at radius 3 is 2.67 bits per heavy atom. The standard InChI is InChI=1S/C19H16N4O/c1-12-5-7-13(8-6-12)18-22-16-9-10-20-19(17(16)23-18)21-14-3-2-4-15(24)11-14/h2-11,24H,1H3,(H,20,21)(H,22,23). The van der Waals surface area contributed by atoms with Gasteiger partial charge < -0.3 is 15.4 Å². The van der Waals surface area contributed by atoms with E-state index < -0.39 is 0 Å². The maximum absolute atomic E-state index is 9.60. The number of hydrogen-bond donors (Lipinski definition) is 3. The third kappa shape index (κ3) is 2.67. The van der Waals surface area contributed by atoms with Crippen molar-refractivity contribution in [2.75, 3.05) is 5.32 Å². The number of aromatic nitrogens is 3. The van der Waals surface area contributed by atoms with Crippen LogP contribution in [0.15, 0.2) is 60.8 Å². The molecule has 0 saturated heterocycles. The normalized spacial score (nSPS) is 10.9. The quantitative estimate of drug-likeness (QED) is 0.524. The zero-order valence-electron chi connectivity index (χ0n) is 13.1. The van der Waals surface area contributed by atoms with Crippen LogP contribution in [0.1, 0.15) is 5.56 Å². The van der Waals surface area contributed by atoms with Crippen molar-refractivity contribution in [3.8, 4) is 17.1 Å². The summed E-state index contributed by atoms with van der Waals surface area (Å²) in [5, 5.41) is 12.8. The third-order valence-electron chi connectivity index (χ3n) is 3.83. The molecule has 2 aromatic heterocycles. The van der Waals surface area contributed by atoms with Gasteiger partial charge in [0.05, 0.1) is 5.52 Å². The minimum atomic E-state index is 0.203. The van der Waals surface area contributed by atoms with Gasteiger partial charge in [-0.2, -0.15) is 0 Å². The molecule has 0 aliphatic carbocycles. The number of phenols is 1. The zero-order chi connectivity index (χ0) is 16.5. The molecule has 0 aliphatic rings. The summed E-state index contributed by atoms with van der Waals surface area (Å²) in [6.45, 7) is 2.06. The molecule has 5 nitrogen and oxygen atoms in total. The Bertz CT molecular complexity index is 1010. The lowest BCUT2D eigenvalue weighted by atomic mass is 10.1. The van der Waals surface area contributed by atoms with Gasteiger partial charge in [0.1, 0.15) is 17.1 Å². The molecule has 118 valence electrons. The molecule has 0 aliphatic heterocycles. The van der Waals surface area contributed by atoms with Gasteiger partial charge >= 0.3 is 0 Å². The Kier molecular flexibility index (Phi) is 3.39. The van der Waals surface area contributed by atoms with Crippen LogP contribution in [0.3, 0.4) is 0 Å². The minimum Gasteiger partial charge on any atom is -0.508 e. The molecule has 0 bridgehead atoms. The van der Waals surface area contributed by atoms with Crippen molar-refractivity contribution >= 4 is 22.5 Å². The predicted molar refractivity (Wildman–Crippen MR) is 95.5 cm³/mol. The van der Waals surface area contributed by atoms with E-state index in [2.05, 4.69) is 39.3 Å². The molecule has 0 saturated carbocycles. The molecule has 0 unspecified atom stereocenters. The molecule has 4 aromatic rings. The number of aromatic amines is 1. The van der Waals surface area contributed by atoms with Crippen LogP contribution >= 0.6 is 0 Å². The van der Waals surface area contributed by atoms with Crippen molar-refractivity contribution in [2.45, 2.75) is 6.92 Å². The average Bonchev–Trinajstić information content (AvgIpc) is 3.01. The smallest absolute Gasteiger partial charge is 0.158 e. The van der Waals surface area contributed by atoms with E-state index in [4.69, 9.17) is 0 Å². The predicted octanol–water partition coefficient (Wildman–Crippen LogP) is 4.38. The highest BCUT2D eigenvalue weighted by atomic mass is 16.3.